The van der Waals surface area contributed by atoms with Crippen molar-refractivity contribution in [3.05, 3.63) is 133 Å². The molecule has 0 saturated carbocycles. The van der Waals surface area contributed by atoms with Crippen molar-refractivity contribution in [1.29, 1.82) is 0 Å². The molecule has 6 rings (SSSR count). The molecule has 1 atom stereocenters. The van der Waals surface area contributed by atoms with Crippen LogP contribution < -0.4 is 19.6 Å². The Labute approximate surface area is 280 Å². The smallest absolute Gasteiger partial charge is 0.338 e. The van der Waals surface area contributed by atoms with Gasteiger partial charge in [0.1, 0.15) is 11.4 Å². The van der Waals surface area contributed by atoms with Gasteiger partial charge in [-0.3, -0.25) is 9.36 Å². The number of fused-ring (bicyclic) bond motifs is 1. The zero-order valence-corrected chi connectivity index (χ0v) is 28.0. The number of ether oxygens (including phenoxy) is 3. The predicted octanol–water partition coefficient (Wildman–Crippen LogP) is 5.22. The molecule has 0 unspecified atom stereocenters. The molecular weight excluding hydrogens is 628 g/mol. The topological polar surface area (TPSA) is 114 Å². The fourth-order valence-electron chi connectivity index (χ4n) is 5.54. The summed E-state index contributed by atoms with van der Waals surface area (Å²) in [4.78, 5) is 45.1. The van der Waals surface area contributed by atoms with Crippen molar-refractivity contribution in [2.45, 2.75) is 39.8 Å². The van der Waals surface area contributed by atoms with Crippen LogP contribution in [0.5, 0.6) is 5.75 Å². The zero-order valence-electron chi connectivity index (χ0n) is 27.2. The van der Waals surface area contributed by atoms with E-state index < -0.39 is 18.0 Å². The summed E-state index contributed by atoms with van der Waals surface area (Å²) in [6, 6.07) is 23.2. The van der Waals surface area contributed by atoms with Crippen molar-refractivity contribution in [2.75, 3.05) is 13.7 Å². The largest absolute Gasteiger partial charge is 0.494 e. The van der Waals surface area contributed by atoms with Gasteiger partial charge in [-0.1, -0.05) is 41.7 Å². The molecule has 0 bridgehead atoms. The van der Waals surface area contributed by atoms with Gasteiger partial charge in [0, 0.05) is 17.3 Å². The number of nitrogens with zero attached hydrogens (tertiary/aromatic N) is 4. The molecule has 244 valence electrons. The van der Waals surface area contributed by atoms with Crippen molar-refractivity contribution in [2.24, 2.45) is 4.99 Å². The molecule has 0 fully saturated rings. The summed E-state index contributed by atoms with van der Waals surface area (Å²) in [5.41, 5.74) is 4.46. The van der Waals surface area contributed by atoms with Gasteiger partial charge in [0.2, 0.25) is 0 Å². The SMILES string of the molecule is CCOc1ccc(-c2nn(-c3ccccc3)cc2/C=c2\sc3n(c2=O)[C@@H](c2ccc(C(=O)OC)cc2)C(C(=O)OC(C)C)=C(C)N=3)cc1. The number of para-hydroxylation sites is 1. The quantitative estimate of drug-likeness (QED) is 0.199. The average Bonchev–Trinajstić information content (AvgIpc) is 3.64. The second-order valence-electron chi connectivity index (χ2n) is 11.3. The summed E-state index contributed by atoms with van der Waals surface area (Å²) in [7, 11) is 1.31. The van der Waals surface area contributed by atoms with Crippen molar-refractivity contribution in [3.63, 3.8) is 0 Å². The van der Waals surface area contributed by atoms with E-state index in [-0.39, 0.29) is 17.2 Å². The second-order valence-corrected chi connectivity index (χ2v) is 12.3. The minimum atomic E-state index is -0.834. The Morgan fingerprint density at radius 3 is 2.33 bits per heavy atom. The van der Waals surface area contributed by atoms with E-state index in [4.69, 9.17) is 24.3 Å². The van der Waals surface area contributed by atoms with Crippen molar-refractivity contribution in [1.82, 2.24) is 14.3 Å². The number of carbonyl (C=O) groups is 2. The highest BCUT2D eigenvalue weighted by molar-refractivity contribution is 7.07. The number of esters is 2. The molecule has 1 aliphatic heterocycles. The van der Waals surface area contributed by atoms with Gasteiger partial charge in [-0.2, -0.15) is 5.10 Å². The van der Waals surface area contributed by atoms with Crippen LogP contribution in [0.4, 0.5) is 0 Å². The van der Waals surface area contributed by atoms with Crippen LogP contribution in [0.2, 0.25) is 0 Å². The Hall–Kier alpha value is -5.55. The van der Waals surface area contributed by atoms with Crippen molar-refractivity contribution < 1.29 is 23.8 Å². The number of aromatic nitrogens is 3. The molecule has 1 aliphatic rings. The lowest BCUT2D eigenvalue weighted by Crippen LogP contribution is -2.40. The molecular formula is C37H34N4O6S. The molecule has 0 amide bonds. The van der Waals surface area contributed by atoms with Crippen LogP contribution in [-0.4, -0.2) is 46.1 Å². The summed E-state index contributed by atoms with van der Waals surface area (Å²) < 4.78 is 19.8. The maximum atomic E-state index is 14.4. The van der Waals surface area contributed by atoms with Crippen LogP contribution in [0.3, 0.4) is 0 Å². The monoisotopic (exact) mass is 662 g/mol. The third-order valence-corrected chi connectivity index (χ3v) is 8.70. The third-order valence-electron chi connectivity index (χ3n) is 7.72. The summed E-state index contributed by atoms with van der Waals surface area (Å²) >= 11 is 1.23. The standard InChI is InChI=1S/C37H34N4O6S/c1-6-46-29-18-16-24(17-19-29)32-27(21-40(39-32)28-10-8-7-9-11-28)20-30-34(42)41-33(25-12-14-26(15-13-25)35(43)45-5)31(36(44)47-22(2)3)23(4)38-37(41)48-30/h7-22,33H,6H2,1-5H3/b30-20-/t33-/m0/s1. The third kappa shape index (κ3) is 6.37. The highest BCUT2D eigenvalue weighted by Gasteiger charge is 2.34. The molecule has 0 radical (unpaired) electrons. The van der Waals surface area contributed by atoms with Crippen LogP contribution in [-0.2, 0) is 14.3 Å². The first kappa shape index (κ1) is 32.4. The van der Waals surface area contributed by atoms with Gasteiger partial charge in [-0.25, -0.2) is 19.3 Å². The van der Waals surface area contributed by atoms with Gasteiger partial charge >= 0.3 is 11.9 Å². The number of benzene rings is 3. The van der Waals surface area contributed by atoms with Gasteiger partial charge < -0.3 is 14.2 Å². The Morgan fingerprint density at radius 1 is 0.979 bits per heavy atom. The lowest BCUT2D eigenvalue weighted by atomic mass is 9.95. The predicted molar refractivity (Wildman–Crippen MR) is 183 cm³/mol. The molecule has 0 N–H and O–H groups in total. The highest BCUT2D eigenvalue weighted by Crippen LogP contribution is 2.32. The van der Waals surface area contributed by atoms with E-state index in [1.165, 1.54) is 23.0 Å². The molecule has 11 heteroatoms. The van der Waals surface area contributed by atoms with Gasteiger partial charge in [0.15, 0.2) is 4.80 Å². The van der Waals surface area contributed by atoms with Crippen LogP contribution in [0.1, 0.15) is 55.2 Å². The number of hydrogen-bond donors (Lipinski definition) is 0. The van der Waals surface area contributed by atoms with Gasteiger partial charge in [0.05, 0.1) is 52.9 Å². The zero-order chi connectivity index (χ0) is 33.9. The van der Waals surface area contributed by atoms with E-state index in [1.54, 1.807) is 49.7 Å². The first-order chi connectivity index (χ1) is 23.2. The van der Waals surface area contributed by atoms with E-state index in [1.807, 2.05) is 73.8 Å². The van der Waals surface area contributed by atoms with Crippen molar-refractivity contribution in [3.8, 4) is 22.7 Å². The van der Waals surface area contributed by atoms with E-state index >= 15 is 0 Å². The summed E-state index contributed by atoms with van der Waals surface area (Å²) in [6.07, 6.45) is 3.32. The summed E-state index contributed by atoms with van der Waals surface area (Å²) in [6.45, 7) is 7.75. The normalized spacial score (nSPS) is 14.5. The van der Waals surface area contributed by atoms with E-state index in [9.17, 15) is 14.4 Å². The molecule has 3 heterocycles. The Morgan fingerprint density at radius 2 is 1.69 bits per heavy atom. The Balaban J connectivity index is 1.52. The summed E-state index contributed by atoms with van der Waals surface area (Å²) in [5.74, 6) is -0.305. The lowest BCUT2D eigenvalue weighted by Gasteiger charge is -2.25. The maximum absolute atomic E-state index is 14.4. The molecule has 0 spiro atoms. The number of hydrogen-bond acceptors (Lipinski definition) is 9. The number of carbonyl (C=O) groups excluding carboxylic acids is 2. The number of thiazole rings is 1. The molecule has 0 saturated heterocycles. The van der Waals surface area contributed by atoms with Crippen molar-refractivity contribution >= 4 is 29.4 Å². The molecule has 48 heavy (non-hydrogen) atoms. The number of methoxy groups -OCH3 is 1. The number of rotatable bonds is 9. The lowest BCUT2D eigenvalue weighted by molar-refractivity contribution is -0.143. The molecule has 3 aromatic carbocycles. The minimum absolute atomic E-state index is 0.250. The van der Waals surface area contributed by atoms with E-state index in [2.05, 4.69) is 0 Å². The maximum Gasteiger partial charge on any atom is 0.338 e. The van der Waals surface area contributed by atoms with Crippen LogP contribution in [0, 0.1) is 0 Å². The fourth-order valence-corrected chi connectivity index (χ4v) is 6.58. The minimum Gasteiger partial charge on any atom is -0.494 e. The van der Waals surface area contributed by atoms with Crippen LogP contribution >= 0.6 is 11.3 Å². The number of allylic oxidation sites excluding steroid dienone is 1. The highest BCUT2D eigenvalue weighted by atomic mass is 32.1. The van der Waals surface area contributed by atoms with Gasteiger partial charge in [0.25, 0.3) is 5.56 Å². The van der Waals surface area contributed by atoms with E-state index in [0.717, 1.165) is 22.6 Å². The molecule has 10 nitrogen and oxygen atoms in total. The van der Waals surface area contributed by atoms with Crippen LogP contribution in [0.15, 0.2) is 106 Å². The average molecular weight is 663 g/mol. The fraction of sp³-hybridized carbons (Fsp3) is 0.216. The Kier molecular flexibility index (Phi) is 9.22. The molecule has 2 aromatic heterocycles. The van der Waals surface area contributed by atoms with Gasteiger partial charge in [-0.15, -0.1) is 0 Å². The van der Waals surface area contributed by atoms with E-state index in [0.29, 0.717) is 38.5 Å². The first-order valence-corrected chi connectivity index (χ1v) is 16.3. The van der Waals surface area contributed by atoms with Crippen LogP contribution in [0.25, 0.3) is 23.0 Å². The van der Waals surface area contributed by atoms with Gasteiger partial charge in [-0.05, 0) is 87.9 Å². The molecule has 5 aromatic rings. The second kappa shape index (κ2) is 13.7. The molecule has 0 aliphatic carbocycles. The Bertz CT molecular complexity index is 2190. The first-order valence-electron chi connectivity index (χ1n) is 15.5. The summed E-state index contributed by atoms with van der Waals surface area (Å²) in [5, 5.41) is 4.91.